The highest BCUT2D eigenvalue weighted by molar-refractivity contribution is 7.80. The molecular weight excluding hydrogens is 164 g/mol. The van der Waals surface area contributed by atoms with Gasteiger partial charge in [-0.1, -0.05) is 48.6 Å². The number of thiocarbonyl (C=S) groups is 1. The standard InChI is InChI=1S/C11H12S/c1-3-6-10-7-4-5-8-11(10)9(2)12/h3-8H,1-2H3/b6-3-. The molecule has 0 aromatic heterocycles. The van der Waals surface area contributed by atoms with Crippen LogP contribution in [0.15, 0.2) is 30.3 Å². The summed E-state index contributed by atoms with van der Waals surface area (Å²) in [6, 6.07) is 8.16. The van der Waals surface area contributed by atoms with Crippen LogP contribution in [0.5, 0.6) is 0 Å². The minimum atomic E-state index is 0.948. The molecule has 0 N–H and O–H groups in total. The third-order valence-corrected chi connectivity index (χ3v) is 1.91. The smallest absolute Gasteiger partial charge is 0.0199 e. The van der Waals surface area contributed by atoms with Crippen LogP contribution in [-0.2, 0) is 0 Å². The molecule has 0 saturated heterocycles. The van der Waals surface area contributed by atoms with Crippen LogP contribution in [0.25, 0.3) is 6.08 Å². The Morgan fingerprint density at radius 2 is 2.00 bits per heavy atom. The maximum atomic E-state index is 5.13. The van der Waals surface area contributed by atoms with Crippen LogP contribution in [0.2, 0.25) is 0 Å². The van der Waals surface area contributed by atoms with Gasteiger partial charge in [-0.15, -0.1) is 0 Å². The Morgan fingerprint density at radius 1 is 1.33 bits per heavy atom. The Kier molecular flexibility index (Phi) is 3.18. The third kappa shape index (κ3) is 2.02. The van der Waals surface area contributed by atoms with Crippen LogP contribution >= 0.6 is 12.2 Å². The minimum Gasteiger partial charge on any atom is -0.0870 e. The van der Waals surface area contributed by atoms with Crippen molar-refractivity contribution in [2.75, 3.05) is 0 Å². The van der Waals surface area contributed by atoms with Gasteiger partial charge in [0.25, 0.3) is 0 Å². The monoisotopic (exact) mass is 176 g/mol. The maximum Gasteiger partial charge on any atom is 0.0199 e. The summed E-state index contributed by atoms with van der Waals surface area (Å²) in [7, 11) is 0. The molecule has 0 aliphatic rings. The van der Waals surface area contributed by atoms with E-state index in [1.165, 1.54) is 5.56 Å². The molecular formula is C11H12S. The van der Waals surface area contributed by atoms with Crippen LogP contribution < -0.4 is 0 Å². The van der Waals surface area contributed by atoms with Crippen LogP contribution in [0.4, 0.5) is 0 Å². The predicted molar refractivity (Wildman–Crippen MR) is 58.5 cm³/mol. The topological polar surface area (TPSA) is 0 Å². The largest absolute Gasteiger partial charge is 0.0870 e. The third-order valence-electron chi connectivity index (χ3n) is 1.69. The van der Waals surface area contributed by atoms with Gasteiger partial charge in [0.2, 0.25) is 0 Å². The second-order valence-electron chi connectivity index (χ2n) is 2.64. The van der Waals surface area contributed by atoms with E-state index in [9.17, 15) is 0 Å². The summed E-state index contributed by atoms with van der Waals surface area (Å²) in [5.41, 5.74) is 2.36. The normalized spacial score (nSPS) is 10.5. The zero-order chi connectivity index (χ0) is 8.97. The molecule has 0 unspecified atom stereocenters. The van der Waals surface area contributed by atoms with Gasteiger partial charge in [-0.05, 0) is 25.0 Å². The van der Waals surface area contributed by atoms with Gasteiger partial charge in [-0.3, -0.25) is 0 Å². The lowest BCUT2D eigenvalue weighted by molar-refractivity contribution is 1.59. The van der Waals surface area contributed by atoms with Crippen LogP contribution in [0.3, 0.4) is 0 Å². The molecule has 1 heteroatoms. The van der Waals surface area contributed by atoms with Crippen molar-refractivity contribution in [1.29, 1.82) is 0 Å². The molecule has 1 rings (SSSR count). The fourth-order valence-electron chi connectivity index (χ4n) is 1.14. The van der Waals surface area contributed by atoms with Gasteiger partial charge >= 0.3 is 0 Å². The predicted octanol–water partition coefficient (Wildman–Crippen LogP) is 3.46. The van der Waals surface area contributed by atoms with Gasteiger partial charge < -0.3 is 0 Å². The van der Waals surface area contributed by atoms with Crippen molar-refractivity contribution in [2.45, 2.75) is 13.8 Å². The molecule has 0 heterocycles. The molecule has 0 nitrogen and oxygen atoms in total. The van der Waals surface area contributed by atoms with Gasteiger partial charge in [0.1, 0.15) is 0 Å². The molecule has 1 aromatic carbocycles. The number of hydrogen-bond acceptors (Lipinski definition) is 1. The molecule has 62 valence electrons. The lowest BCUT2D eigenvalue weighted by Gasteiger charge is -2.02. The van der Waals surface area contributed by atoms with Crippen molar-refractivity contribution in [3.63, 3.8) is 0 Å². The van der Waals surface area contributed by atoms with Crippen LogP contribution in [0.1, 0.15) is 25.0 Å². The van der Waals surface area contributed by atoms with Crippen molar-refractivity contribution < 1.29 is 0 Å². The first kappa shape index (κ1) is 9.14. The van der Waals surface area contributed by atoms with Crippen molar-refractivity contribution >= 4 is 23.2 Å². The van der Waals surface area contributed by atoms with Crippen molar-refractivity contribution in [2.24, 2.45) is 0 Å². The van der Waals surface area contributed by atoms with E-state index in [1.807, 2.05) is 32.1 Å². The first-order valence-corrected chi connectivity index (χ1v) is 4.39. The Morgan fingerprint density at radius 3 is 2.58 bits per heavy atom. The molecule has 0 radical (unpaired) electrons. The highest BCUT2D eigenvalue weighted by Crippen LogP contribution is 2.11. The summed E-state index contributed by atoms with van der Waals surface area (Å²) in [4.78, 5) is 0.948. The van der Waals surface area contributed by atoms with Gasteiger partial charge in [0.05, 0.1) is 0 Å². The average Bonchev–Trinajstić information content (AvgIpc) is 2.05. The molecule has 0 bridgehead atoms. The highest BCUT2D eigenvalue weighted by Gasteiger charge is 1.98. The zero-order valence-corrected chi connectivity index (χ0v) is 8.19. The molecule has 1 aromatic rings. The summed E-state index contributed by atoms with van der Waals surface area (Å²) >= 11 is 5.13. The number of benzene rings is 1. The van der Waals surface area contributed by atoms with E-state index in [4.69, 9.17) is 12.2 Å². The number of allylic oxidation sites excluding steroid dienone is 1. The molecule has 0 fully saturated rings. The van der Waals surface area contributed by atoms with Crippen molar-refractivity contribution in [3.05, 3.63) is 41.5 Å². The molecule has 0 aliphatic heterocycles. The summed E-state index contributed by atoms with van der Waals surface area (Å²) in [5, 5.41) is 0. The van der Waals surface area contributed by atoms with Crippen molar-refractivity contribution in [3.8, 4) is 0 Å². The fraction of sp³-hybridized carbons (Fsp3) is 0.182. The Bertz CT molecular complexity index is 311. The summed E-state index contributed by atoms with van der Waals surface area (Å²) in [5.74, 6) is 0. The van der Waals surface area contributed by atoms with Crippen LogP contribution in [-0.4, -0.2) is 4.86 Å². The SMILES string of the molecule is C/C=C\c1ccccc1C(C)=S. The average molecular weight is 176 g/mol. The van der Waals surface area contributed by atoms with E-state index < -0.39 is 0 Å². The second kappa shape index (κ2) is 4.17. The summed E-state index contributed by atoms with van der Waals surface area (Å²) in [6.07, 6.45) is 4.10. The van der Waals surface area contributed by atoms with Gasteiger partial charge in [0, 0.05) is 4.86 Å². The summed E-state index contributed by atoms with van der Waals surface area (Å²) in [6.45, 7) is 3.97. The van der Waals surface area contributed by atoms with E-state index >= 15 is 0 Å². The summed E-state index contributed by atoms with van der Waals surface area (Å²) < 4.78 is 0. The lowest BCUT2D eigenvalue weighted by Crippen LogP contribution is -1.92. The first-order valence-electron chi connectivity index (χ1n) is 3.98. The highest BCUT2D eigenvalue weighted by atomic mass is 32.1. The van der Waals surface area contributed by atoms with Gasteiger partial charge in [0.15, 0.2) is 0 Å². The maximum absolute atomic E-state index is 5.13. The zero-order valence-electron chi connectivity index (χ0n) is 7.37. The molecule has 12 heavy (non-hydrogen) atoms. The number of hydrogen-bond donors (Lipinski definition) is 0. The molecule has 0 aliphatic carbocycles. The quantitative estimate of drug-likeness (QED) is 0.491. The minimum absolute atomic E-state index is 0.948. The van der Waals surface area contributed by atoms with Gasteiger partial charge in [-0.2, -0.15) is 0 Å². The van der Waals surface area contributed by atoms with Crippen LogP contribution in [0, 0.1) is 0 Å². The molecule has 0 amide bonds. The Balaban J connectivity index is 3.17. The molecule has 0 spiro atoms. The Hall–Kier alpha value is -0.950. The lowest BCUT2D eigenvalue weighted by atomic mass is 10.1. The second-order valence-corrected chi connectivity index (χ2v) is 3.26. The fourth-order valence-corrected chi connectivity index (χ4v) is 1.33. The van der Waals surface area contributed by atoms with E-state index in [0.717, 1.165) is 10.4 Å². The van der Waals surface area contributed by atoms with E-state index in [0.29, 0.717) is 0 Å². The molecule has 0 atom stereocenters. The van der Waals surface area contributed by atoms with E-state index in [2.05, 4.69) is 18.2 Å². The van der Waals surface area contributed by atoms with Gasteiger partial charge in [-0.25, -0.2) is 0 Å². The van der Waals surface area contributed by atoms with Crippen molar-refractivity contribution in [1.82, 2.24) is 0 Å². The number of rotatable bonds is 2. The van der Waals surface area contributed by atoms with E-state index in [1.54, 1.807) is 0 Å². The van der Waals surface area contributed by atoms with E-state index in [-0.39, 0.29) is 0 Å². The Labute approximate surface area is 78.9 Å². The molecule has 0 saturated carbocycles. The first-order chi connectivity index (χ1) is 5.75.